The smallest absolute Gasteiger partial charge is 0.286 e. The molecule has 1 saturated carbocycles. The molecule has 4 heteroatoms. The number of nitrogens with one attached hydrogen (secondary N) is 1. The summed E-state index contributed by atoms with van der Waals surface area (Å²) in [6.45, 7) is 0.705. The number of hydrogen-bond donors (Lipinski definition) is 1. The highest BCUT2D eigenvalue weighted by atomic mass is 35.5. The Morgan fingerprint density at radius 1 is 1.50 bits per heavy atom. The predicted molar refractivity (Wildman–Crippen MR) is 62.6 cm³/mol. The molecule has 1 aromatic rings. The standard InChI is InChI=1S/C12H16ClNO2/c13-7-9-3-1-4-10(9)8-14-12(15)11-5-2-6-16-11/h2,5-6,9-10H,1,3-4,7-8H2,(H,14,15). The lowest BCUT2D eigenvalue weighted by Crippen LogP contribution is -2.30. The number of rotatable bonds is 4. The third-order valence-electron chi connectivity index (χ3n) is 3.28. The van der Waals surface area contributed by atoms with Crippen LogP contribution < -0.4 is 5.32 Å². The predicted octanol–water partition coefficient (Wildman–Crippen LogP) is 2.66. The first-order valence-electron chi connectivity index (χ1n) is 5.69. The SMILES string of the molecule is O=C(NCC1CCCC1CCl)c1ccco1. The Morgan fingerprint density at radius 2 is 2.31 bits per heavy atom. The molecule has 1 amide bonds. The van der Waals surface area contributed by atoms with Gasteiger partial charge in [0.15, 0.2) is 5.76 Å². The average molecular weight is 242 g/mol. The molecular formula is C12H16ClNO2. The van der Waals surface area contributed by atoms with Crippen LogP contribution in [-0.2, 0) is 0 Å². The fourth-order valence-corrected chi connectivity index (χ4v) is 2.71. The zero-order valence-corrected chi connectivity index (χ0v) is 9.87. The van der Waals surface area contributed by atoms with Crippen molar-refractivity contribution in [2.45, 2.75) is 19.3 Å². The molecule has 0 saturated heterocycles. The number of amides is 1. The Hall–Kier alpha value is -0.960. The van der Waals surface area contributed by atoms with Crippen LogP contribution in [0.1, 0.15) is 29.8 Å². The summed E-state index contributed by atoms with van der Waals surface area (Å²) >= 11 is 5.89. The molecule has 1 aliphatic rings. The van der Waals surface area contributed by atoms with Crippen molar-refractivity contribution in [3.8, 4) is 0 Å². The summed E-state index contributed by atoms with van der Waals surface area (Å²) in [5.41, 5.74) is 0. The molecule has 0 aromatic carbocycles. The Labute approximate surface area is 100 Å². The molecule has 1 fully saturated rings. The summed E-state index contributed by atoms with van der Waals surface area (Å²) in [6.07, 6.45) is 5.07. The minimum atomic E-state index is -0.134. The Balaban J connectivity index is 1.81. The van der Waals surface area contributed by atoms with Gasteiger partial charge in [-0.05, 0) is 36.8 Å². The second kappa shape index (κ2) is 5.39. The molecule has 2 atom stereocenters. The highest BCUT2D eigenvalue weighted by Crippen LogP contribution is 2.31. The van der Waals surface area contributed by atoms with E-state index in [1.165, 1.54) is 19.1 Å². The van der Waals surface area contributed by atoms with Gasteiger partial charge in [0.25, 0.3) is 5.91 Å². The van der Waals surface area contributed by atoms with Crippen molar-refractivity contribution in [2.75, 3.05) is 12.4 Å². The first-order chi connectivity index (χ1) is 7.81. The first kappa shape index (κ1) is 11.5. The van der Waals surface area contributed by atoms with Crippen LogP contribution >= 0.6 is 11.6 Å². The lowest BCUT2D eigenvalue weighted by molar-refractivity contribution is 0.0917. The van der Waals surface area contributed by atoms with E-state index in [2.05, 4.69) is 5.32 Å². The molecule has 3 nitrogen and oxygen atoms in total. The van der Waals surface area contributed by atoms with E-state index in [9.17, 15) is 4.79 Å². The monoisotopic (exact) mass is 241 g/mol. The quantitative estimate of drug-likeness (QED) is 0.824. The number of halogens is 1. The molecule has 1 aromatic heterocycles. The van der Waals surface area contributed by atoms with Crippen LogP contribution in [0.3, 0.4) is 0 Å². The van der Waals surface area contributed by atoms with Gasteiger partial charge in [0.1, 0.15) is 0 Å². The van der Waals surface area contributed by atoms with Crippen LogP contribution in [0.15, 0.2) is 22.8 Å². The highest BCUT2D eigenvalue weighted by molar-refractivity contribution is 6.18. The van der Waals surface area contributed by atoms with Gasteiger partial charge in [-0.1, -0.05) is 6.42 Å². The third kappa shape index (κ3) is 2.59. The summed E-state index contributed by atoms with van der Waals surface area (Å²) in [5.74, 6) is 2.02. The van der Waals surface area contributed by atoms with Crippen LogP contribution in [-0.4, -0.2) is 18.3 Å². The van der Waals surface area contributed by atoms with E-state index < -0.39 is 0 Å². The van der Waals surface area contributed by atoms with Gasteiger partial charge in [-0.3, -0.25) is 4.79 Å². The Morgan fingerprint density at radius 3 is 3.00 bits per heavy atom. The maximum absolute atomic E-state index is 11.6. The van der Waals surface area contributed by atoms with E-state index in [-0.39, 0.29) is 5.91 Å². The van der Waals surface area contributed by atoms with Crippen LogP contribution in [0.4, 0.5) is 0 Å². The van der Waals surface area contributed by atoms with Gasteiger partial charge in [-0.25, -0.2) is 0 Å². The fraction of sp³-hybridized carbons (Fsp3) is 0.583. The molecule has 0 bridgehead atoms. The molecule has 2 rings (SSSR count). The molecule has 1 aliphatic carbocycles. The number of alkyl halides is 1. The van der Waals surface area contributed by atoms with Crippen LogP contribution in [0.5, 0.6) is 0 Å². The highest BCUT2D eigenvalue weighted by Gasteiger charge is 2.26. The molecule has 88 valence electrons. The molecule has 0 aliphatic heterocycles. The van der Waals surface area contributed by atoms with Gasteiger partial charge in [0.2, 0.25) is 0 Å². The van der Waals surface area contributed by atoms with E-state index >= 15 is 0 Å². The number of furan rings is 1. The molecule has 2 unspecified atom stereocenters. The minimum Gasteiger partial charge on any atom is -0.459 e. The minimum absolute atomic E-state index is 0.134. The first-order valence-corrected chi connectivity index (χ1v) is 6.22. The second-order valence-electron chi connectivity index (χ2n) is 4.29. The average Bonchev–Trinajstić information content (AvgIpc) is 2.96. The lowest BCUT2D eigenvalue weighted by atomic mass is 9.98. The van der Waals surface area contributed by atoms with Crippen molar-refractivity contribution < 1.29 is 9.21 Å². The maximum Gasteiger partial charge on any atom is 0.286 e. The van der Waals surface area contributed by atoms with Crippen LogP contribution in [0, 0.1) is 11.8 Å². The van der Waals surface area contributed by atoms with Crippen molar-refractivity contribution in [3.05, 3.63) is 24.2 Å². The zero-order chi connectivity index (χ0) is 11.4. The molecule has 0 spiro atoms. The number of carbonyl (C=O) groups excluding carboxylic acids is 1. The van der Waals surface area contributed by atoms with Crippen LogP contribution in [0.2, 0.25) is 0 Å². The number of carbonyl (C=O) groups is 1. The lowest BCUT2D eigenvalue weighted by Gasteiger charge is -2.17. The van der Waals surface area contributed by atoms with Crippen molar-refractivity contribution in [1.29, 1.82) is 0 Å². The van der Waals surface area contributed by atoms with E-state index in [1.54, 1.807) is 12.1 Å². The molecule has 0 radical (unpaired) electrons. The molecular weight excluding hydrogens is 226 g/mol. The largest absolute Gasteiger partial charge is 0.459 e. The van der Waals surface area contributed by atoms with Gasteiger partial charge in [-0.2, -0.15) is 0 Å². The van der Waals surface area contributed by atoms with E-state index in [0.717, 1.165) is 6.42 Å². The molecule has 1 N–H and O–H groups in total. The van der Waals surface area contributed by atoms with Gasteiger partial charge in [0.05, 0.1) is 6.26 Å². The van der Waals surface area contributed by atoms with Gasteiger partial charge in [0, 0.05) is 12.4 Å². The van der Waals surface area contributed by atoms with Gasteiger partial charge >= 0.3 is 0 Å². The fourth-order valence-electron chi connectivity index (χ4n) is 2.30. The zero-order valence-electron chi connectivity index (χ0n) is 9.12. The normalized spacial score (nSPS) is 24.6. The Bertz CT molecular complexity index is 337. The number of hydrogen-bond acceptors (Lipinski definition) is 2. The molecule has 1 heterocycles. The van der Waals surface area contributed by atoms with E-state index in [0.29, 0.717) is 30.0 Å². The van der Waals surface area contributed by atoms with Gasteiger partial charge in [-0.15, -0.1) is 11.6 Å². The maximum atomic E-state index is 11.6. The van der Waals surface area contributed by atoms with Crippen molar-refractivity contribution in [2.24, 2.45) is 11.8 Å². The summed E-state index contributed by atoms with van der Waals surface area (Å²) in [5, 5.41) is 2.90. The van der Waals surface area contributed by atoms with E-state index in [1.807, 2.05) is 0 Å². The summed E-state index contributed by atoms with van der Waals surface area (Å²) < 4.78 is 5.03. The van der Waals surface area contributed by atoms with Gasteiger partial charge < -0.3 is 9.73 Å². The molecule has 16 heavy (non-hydrogen) atoms. The van der Waals surface area contributed by atoms with E-state index in [4.69, 9.17) is 16.0 Å². The third-order valence-corrected chi connectivity index (χ3v) is 3.68. The second-order valence-corrected chi connectivity index (χ2v) is 4.60. The Kier molecular flexibility index (Phi) is 3.88. The van der Waals surface area contributed by atoms with Crippen molar-refractivity contribution in [3.63, 3.8) is 0 Å². The topological polar surface area (TPSA) is 42.2 Å². The van der Waals surface area contributed by atoms with Crippen molar-refractivity contribution in [1.82, 2.24) is 5.32 Å². The summed E-state index contributed by atoms with van der Waals surface area (Å²) in [6, 6.07) is 3.38. The summed E-state index contributed by atoms with van der Waals surface area (Å²) in [7, 11) is 0. The van der Waals surface area contributed by atoms with Crippen LogP contribution in [0.25, 0.3) is 0 Å². The van der Waals surface area contributed by atoms with Crippen molar-refractivity contribution >= 4 is 17.5 Å². The summed E-state index contributed by atoms with van der Waals surface area (Å²) in [4.78, 5) is 11.6.